The summed E-state index contributed by atoms with van der Waals surface area (Å²) < 4.78 is 48.2. The molecule has 1 aromatic heterocycles. The molecule has 2 rings (SSSR count). The van der Waals surface area contributed by atoms with Crippen LogP contribution >= 0.6 is 0 Å². The summed E-state index contributed by atoms with van der Waals surface area (Å²) in [6.45, 7) is 0.345. The van der Waals surface area contributed by atoms with Crippen LogP contribution in [0.2, 0.25) is 0 Å². The molecule has 1 aliphatic rings. The Labute approximate surface area is 126 Å². The molecule has 122 valence electrons. The zero-order chi connectivity index (χ0) is 16.3. The summed E-state index contributed by atoms with van der Waals surface area (Å²) in [5.74, 6) is -1.58. The highest BCUT2D eigenvalue weighted by Crippen LogP contribution is 2.35. The molecule has 2 heterocycles. The first-order valence-electron chi connectivity index (χ1n) is 6.81. The van der Waals surface area contributed by atoms with E-state index in [1.165, 1.54) is 26.4 Å². The summed E-state index contributed by atoms with van der Waals surface area (Å²) in [5, 5.41) is 0. The number of nitrogens with zero attached hydrogens (tertiary/aromatic N) is 2. The quantitative estimate of drug-likeness (QED) is 0.802. The van der Waals surface area contributed by atoms with Gasteiger partial charge in [-0.3, -0.25) is 0 Å². The minimum absolute atomic E-state index is 0.0403. The van der Waals surface area contributed by atoms with Gasteiger partial charge < -0.3 is 14.4 Å². The molecule has 1 atom stereocenters. The lowest BCUT2D eigenvalue weighted by atomic mass is 9.97. The Balaban J connectivity index is 2.23. The topological polar surface area (TPSA) is 51.7 Å². The number of hydrogen-bond acceptors (Lipinski definition) is 5. The van der Waals surface area contributed by atoms with Gasteiger partial charge in [0, 0.05) is 13.1 Å². The first-order chi connectivity index (χ1) is 10.4. The second-order valence-electron chi connectivity index (χ2n) is 5.04. The predicted octanol–water partition coefficient (Wildman–Crippen LogP) is 2.66. The number of carbonyl (C=O) groups is 1. The van der Waals surface area contributed by atoms with Crippen molar-refractivity contribution in [2.24, 2.45) is 5.92 Å². The first kappa shape index (κ1) is 16.4. The Morgan fingerprint density at radius 2 is 2.09 bits per heavy atom. The molecular formula is C14H17F3N2O3. The SMILES string of the molecule is COC(=O)c1ccc(N2CCC[C@@H](C(F)(F)F)C2)nc1OC. The van der Waals surface area contributed by atoms with Crippen molar-refractivity contribution >= 4 is 11.8 Å². The maximum atomic E-state index is 12.9. The van der Waals surface area contributed by atoms with Crippen molar-refractivity contribution in [2.45, 2.75) is 19.0 Å². The number of hydrogen-bond donors (Lipinski definition) is 0. The Morgan fingerprint density at radius 1 is 1.36 bits per heavy atom. The van der Waals surface area contributed by atoms with Crippen LogP contribution in [0.15, 0.2) is 12.1 Å². The van der Waals surface area contributed by atoms with E-state index in [2.05, 4.69) is 9.72 Å². The standard InChI is InChI=1S/C14H17F3N2O3/c1-21-12-10(13(20)22-2)5-6-11(18-12)19-7-3-4-9(8-19)14(15,16)17/h5-6,9H,3-4,7-8H2,1-2H3/t9-/m1/s1. The third kappa shape index (κ3) is 3.42. The van der Waals surface area contributed by atoms with Crippen molar-refractivity contribution < 1.29 is 27.4 Å². The van der Waals surface area contributed by atoms with Crippen LogP contribution in [0.25, 0.3) is 0 Å². The fourth-order valence-electron chi connectivity index (χ4n) is 2.48. The van der Waals surface area contributed by atoms with Crippen molar-refractivity contribution in [3.05, 3.63) is 17.7 Å². The van der Waals surface area contributed by atoms with Gasteiger partial charge in [0.05, 0.1) is 20.1 Å². The maximum Gasteiger partial charge on any atom is 0.393 e. The lowest BCUT2D eigenvalue weighted by Crippen LogP contribution is -2.42. The van der Waals surface area contributed by atoms with Crippen molar-refractivity contribution in [3.8, 4) is 5.88 Å². The Hall–Kier alpha value is -1.99. The highest BCUT2D eigenvalue weighted by atomic mass is 19.4. The molecule has 8 heteroatoms. The van der Waals surface area contributed by atoms with E-state index in [0.29, 0.717) is 18.8 Å². The summed E-state index contributed by atoms with van der Waals surface area (Å²) in [4.78, 5) is 17.3. The molecule has 22 heavy (non-hydrogen) atoms. The molecule has 0 aliphatic carbocycles. The number of esters is 1. The van der Waals surface area contributed by atoms with Crippen LogP contribution < -0.4 is 9.64 Å². The number of piperidine rings is 1. The number of ether oxygens (including phenoxy) is 2. The van der Waals surface area contributed by atoms with Crippen LogP contribution in [0.3, 0.4) is 0 Å². The van der Waals surface area contributed by atoms with Gasteiger partial charge in [0.15, 0.2) is 0 Å². The summed E-state index contributed by atoms with van der Waals surface area (Å²) in [6, 6.07) is 2.96. The zero-order valence-electron chi connectivity index (χ0n) is 12.3. The number of alkyl halides is 3. The summed E-state index contributed by atoms with van der Waals surface area (Å²) in [6.07, 6.45) is -3.65. The van der Waals surface area contributed by atoms with Crippen LogP contribution in [-0.4, -0.2) is 44.4 Å². The van der Waals surface area contributed by atoms with E-state index in [4.69, 9.17) is 4.74 Å². The smallest absolute Gasteiger partial charge is 0.393 e. The third-order valence-electron chi connectivity index (χ3n) is 3.65. The van der Waals surface area contributed by atoms with Crippen LogP contribution in [0.1, 0.15) is 23.2 Å². The molecule has 0 spiro atoms. The summed E-state index contributed by atoms with van der Waals surface area (Å²) in [7, 11) is 2.57. The number of aromatic nitrogens is 1. The Bertz CT molecular complexity index is 549. The lowest BCUT2D eigenvalue weighted by Gasteiger charge is -2.34. The van der Waals surface area contributed by atoms with Gasteiger partial charge in [-0.15, -0.1) is 0 Å². The minimum Gasteiger partial charge on any atom is -0.480 e. The lowest BCUT2D eigenvalue weighted by molar-refractivity contribution is -0.176. The molecule has 0 unspecified atom stereocenters. The normalized spacial score (nSPS) is 19.0. The van der Waals surface area contributed by atoms with E-state index in [1.807, 2.05) is 0 Å². The molecule has 0 N–H and O–H groups in total. The Kier molecular flexibility index (Phi) is 4.77. The van der Waals surface area contributed by atoms with Crippen LogP contribution in [0.4, 0.5) is 19.0 Å². The van der Waals surface area contributed by atoms with E-state index in [1.54, 1.807) is 4.90 Å². The first-order valence-corrected chi connectivity index (χ1v) is 6.81. The molecule has 0 bridgehead atoms. The summed E-state index contributed by atoms with van der Waals surface area (Å²) in [5.41, 5.74) is 0.137. The number of pyridine rings is 1. The largest absolute Gasteiger partial charge is 0.480 e. The fraction of sp³-hybridized carbons (Fsp3) is 0.571. The molecule has 5 nitrogen and oxygen atoms in total. The van der Waals surface area contributed by atoms with Crippen molar-refractivity contribution in [1.82, 2.24) is 4.98 Å². The highest BCUT2D eigenvalue weighted by molar-refractivity contribution is 5.92. The molecule has 1 fully saturated rings. The van der Waals surface area contributed by atoms with Gasteiger partial charge in [0.25, 0.3) is 0 Å². The van der Waals surface area contributed by atoms with E-state index < -0.39 is 18.1 Å². The number of methoxy groups -OCH3 is 2. The minimum atomic E-state index is -4.21. The van der Waals surface area contributed by atoms with Gasteiger partial charge in [-0.2, -0.15) is 18.2 Å². The monoisotopic (exact) mass is 318 g/mol. The van der Waals surface area contributed by atoms with E-state index in [-0.39, 0.29) is 24.4 Å². The summed E-state index contributed by atoms with van der Waals surface area (Å²) >= 11 is 0. The van der Waals surface area contributed by atoms with Crippen molar-refractivity contribution in [2.75, 3.05) is 32.2 Å². The van der Waals surface area contributed by atoms with Crippen molar-refractivity contribution in [1.29, 1.82) is 0 Å². The average Bonchev–Trinajstić information content (AvgIpc) is 2.52. The highest BCUT2D eigenvalue weighted by Gasteiger charge is 2.42. The molecule has 1 aliphatic heterocycles. The number of halogens is 3. The van der Waals surface area contributed by atoms with Gasteiger partial charge in [-0.05, 0) is 25.0 Å². The number of anilines is 1. The molecular weight excluding hydrogens is 301 g/mol. The second-order valence-corrected chi connectivity index (χ2v) is 5.04. The van der Waals surface area contributed by atoms with Gasteiger partial charge in [-0.1, -0.05) is 0 Å². The van der Waals surface area contributed by atoms with E-state index in [9.17, 15) is 18.0 Å². The van der Waals surface area contributed by atoms with E-state index >= 15 is 0 Å². The molecule has 1 aromatic rings. The zero-order valence-corrected chi connectivity index (χ0v) is 12.3. The third-order valence-corrected chi connectivity index (χ3v) is 3.65. The van der Waals surface area contributed by atoms with Gasteiger partial charge in [-0.25, -0.2) is 4.79 Å². The van der Waals surface area contributed by atoms with Gasteiger partial charge >= 0.3 is 12.1 Å². The second kappa shape index (κ2) is 6.41. The van der Waals surface area contributed by atoms with Gasteiger partial charge in [0.2, 0.25) is 5.88 Å². The van der Waals surface area contributed by atoms with Gasteiger partial charge in [0.1, 0.15) is 11.4 Å². The van der Waals surface area contributed by atoms with Crippen LogP contribution in [0.5, 0.6) is 5.88 Å². The predicted molar refractivity (Wildman–Crippen MR) is 73.1 cm³/mol. The number of carbonyl (C=O) groups excluding carboxylic acids is 1. The number of rotatable bonds is 3. The average molecular weight is 318 g/mol. The van der Waals surface area contributed by atoms with Crippen LogP contribution in [-0.2, 0) is 4.74 Å². The van der Waals surface area contributed by atoms with Crippen LogP contribution in [0, 0.1) is 5.92 Å². The molecule has 0 amide bonds. The van der Waals surface area contributed by atoms with Crippen molar-refractivity contribution in [3.63, 3.8) is 0 Å². The molecule has 0 radical (unpaired) electrons. The fourth-order valence-corrected chi connectivity index (χ4v) is 2.48. The molecule has 1 saturated heterocycles. The Morgan fingerprint density at radius 3 is 2.68 bits per heavy atom. The molecule has 0 aromatic carbocycles. The maximum absolute atomic E-state index is 12.9. The van der Waals surface area contributed by atoms with E-state index in [0.717, 1.165) is 0 Å². The molecule has 0 saturated carbocycles.